The minimum absolute atomic E-state index is 0.224. The van der Waals surface area contributed by atoms with Gasteiger partial charge in [0.2, 0.25) is 0 Å². The van der Waals surface area contributed by atoms with Crippen molar-refractivity contribution in [3.05, 3.63) is 0 Å². The summed E-state index contributed by atoms with van der Waals surface area (Å²) in [6.45, 7) is 8.25. The second kappa shape index (κ2) is 7.06. The molecule has 0 fully saturated rings. The minimum atomic E-state index is -4.15. The summed E-state index contributed by atoms with van der Waals surface area (Å²) in [7, 11) is 0. The van der Waals surface area contributed by atoms with Gasteiger partial charge < -0.3 is 0 Å². The summed E-state index contributed by atoms with van der Waals surface area (Å²) in [4.78, 5) is 2.01. The molecular weight excluding hydrogens is 326 g/mol. The first-order valence-electron chi connectivity index (χ1n) is 5.32. The van der Waals surface area contributed by atoms with E-state index in [1.54, 1.807) is 0 Å². The van der Waals surface area contributed by atoms with E-state index in [-0.39, 0.29) is 12.1 Å². The van der Waals surface area contributed by atoms with Gasteiger partial charge in [-0.15, -0.1) is 0 Å². The normalized spacial score (nSPS) is 15.2. The topological polar surface area (TPSA) is 12.5 Å². The first kappa shape index (κ1) is 16.5. The van der Waals surface area contributed by atoms with Gasteiger partial charge in [-0.1, -0.05) is 0 Å². The number of halogens is 3. The Morgan fingerprint density at radius 1 is 1.12 bits per heavy atom. The van der Waals surface area contributed by atoms with Gasteiger partial charge in [-0.25, -0.2) is 0 Å². The second-order valence-corrected chi connectivity index (χ2v) is 5.12. The van der Waals surface area contributed by atoms with Gasteiger partial charge in [0.05, 0.1) is 0 Å². The van der Waals surface area contributed by atoms with Crippen molar-refractivity contribution < 1.29 is 16.2 Å². The van der Waals surface area contributed by atoms with Gasteiger partial charge in [-0.05, 0) is 0 Å². The van der Waals surface area contributed by atoms with Crippen LogP contribution >= 0.6 is 0 Å². The summed E-state index contributed by atoms with van der Waals surface area (Å²) >= 11 is 0.685. The molecule has 95 valence electrons. The molecule has 0 aromatic heterocycles. The summed E-state index contributed by atoms with van der Waals surface area (Å²) in [5.41, 5.74) is 0. The SMILES string of the molecule is CC(C)N(CC(CC(F)(F)F)[O][Sn])C(C)C. The number of nitrogens with zero attached hydrogens (tertiary/aromatic N) is 1. The standard InChI is InChI=1S/C10H19F3NO.Sn/c1-7(2)14(8(3)4)6-9(15)5-10(11,12)13;/h7-9H,5-6H2,1-4H3;/q-1;+1. The van der Waals surface area contributed by atoms with Crippen LogP contribution < -0.4 is 0 Å². The molecule has 6 heteroatoms. The fraction of sp³-hybridized carbons (Fsp3) is 1.00. The molecule has 0 rings (SSSR count). The quantitative estimate of drug-likeness (QED) is 0.686. The zero-order chi connectivity index (χ0) is 12.9. The third-order valence-electron chi connectivity index (χ3n) is 2.37. The van der Waals surface area contributed by atoms with Gasteiger partial charge >= 0.3 is 109 Å². The van der Waals surface area contributed by atoms with E-state index in [1.807, 2.05) is 32.6 Å². The fourth-order valence-corrected chi connectivity index (χ4v) is 2.11. The summed E-state index contributed by atoms with van der Waals surface area (Å²) in [6.07, 6.45) is -5.77. The van der Waals surface area contributed by atoms with Crippen LogP contribution in [-0.4, -0.2) is 58.7 Å². The molecule has 0 aliphatic carbocycles. The van der Waals surface area contributed by atoms with Gasteiger partial charge in [0.1, 0.15) is 0 Å². The number of hydrogen-bond acceptors (Lipinski definition) is 2. The molecule has 0 aliphatic rings. The van der Waals surface area contributed by atoms with Crippen LogP contribution in [0.3, 0.4) is 0 Å². The van der Waals surface area contributed by atoms with Crippen LogP contribution in [0.25, 0.3) is 0 Å². The average Bonchev–Trinajstić information content (AvgIpc) is 2.08. The Morgan fingerprint density at radius 2 is 1.56 bits per heavy atom. The summed E-state index contributed by atoms with van der Waals surface area (Å²) in [5.74, 6) is 0. The Hall–Kier alpha value is 0.509. The predicted molar refractivity (Wildman–Crippen MR) is 58.3 cm³/mol. The van der Waals surface area contributed by atoms with E-state index in [0.717, 1.165) is 0 Å². The van der Waals surface area contributed by atoms with Crippen molar-refractivity contribution in [3.63, 3.8) is 0 Å². The second-order valence-electron chi connectivity index (χ2n) is 4.44. The zero-order valence-electron chi connectivity index (χ0n) is 10.1. The van der Waals surface area contributed by atoms with Crippen LogP contribution in [-0.2, 0) is 3.07 Å². The Balaban J connectivity index is 4.39. The molecule has 0 aromatic carbocycles. The van der Waals surface area contributed by atoms with Crippen LogP contribution in [0.4, 0.5) is 13.2 Å². The molecule has 1 unspecified atom stereocenters. The zero-order valence-corrected chi connectivity index (χ0v) is 13.0. The molecule has 1 atom stereocenters. The molecule has 0 bridgehead atoms. The Labute approximate surface area is 109 Å². The third-order valence-corrected chi connectivity index (χ3v) is 3.32. The summed E-state index contributed by atoms with van der Waals surface area (Å²) in [6, 6.07) is 0.448. The average molecular weight is 345 g/mol. The molecule has 2 nitrogen and oxygen atoms in total. The third kappa shape index (κ3) is 6.96. The van der Waals surface area contributed by atoms with E-state index in [4.69, 9.17) is 3.07 Å². The first-order chi connectivity index (χ1) is 7.17. The molecule has 0 aromatic rings. The summed E-state index contributed by atoms with van der Waals surface area (Å²) in [5, 5.41) is 0. The van der Waals surface area contributed by atoms with Crippen molar-refractivity contribution in [1.29, 1.82) is 0 Å². The van der Waals surface area contributed by atoms with Crippen LogP contribution in [0.1, 0.15) is 34.1 Å². The molecule has 0 heterocycles. The van der Waals surface area contributed by atoms with Crippen LogP contribution in [0.5, 0.6) is 0 Å². The molecule has 0 amide bonds. The molecule has 0 spiro atoms. The molecule has 0 saturated heterocycles. The number of alkyl halides is 3. The van der Waals surface area contributed by atoms with Gasteiger partial charge in [-0.3, -0.25) is 0 Å². The molecular formula is C10H19F3NOSn. The van der Waals surface area contributed by atoms with Gasteiger partial charge in [0.25, 0.3) is 0 Å². The maximum atomic E-state index is 12.3. The monoisotopic (exact) mass is 346 g/mol. The molecule has 0 aliphatic heterocycles. The van der Waals surface area contributed by atoms with Crippen LogP contribution in [0.15, 0.2) is 0 Å². The molecule has 0 N–H and O–H groups in total. The predicted octanol–water partition coefficient (Wildman–Crippen LogP) is 2.53. The molecule has 16 heavy (non-hydrogen) atoms. The maximum absolute atomic E-state index is 12.3. The Bertz CT molecular complexity index is 189. The van der Waals surface area contributed by atoms with Crippen molar-refractivity contribution in [2.45, 2.75) is 58.5 Å². The van der Waals surface area contributed by atoms with Gasteiger partial charge in [-0.2, -0.15) is 0 Å². The van der Waals surface area contributed by atoms with Crippen molar-refractivity contribution in [2.75, 3.05) is 6.54 Å². The van der Waals surface area contributed by atoms with E-state index >= 15 is 0 Å². The Kier molecular flexibility index (Phi) is 7.28. The van der Waals surface area contributed by atoms with Crippen molar-refractivity contribution in [1.82, 2.24) is 4.90 Å². The van der Waals surface area contributed by atoms with Crippen molar-refractivity contribution in [3.8, 4) is 0 Å². The van der Waals surface area contributed by atoms with Gasteiger partial charge in [0, 0.05) is 0 Å². The number of rotatable bonds is 6. The fourth-order valence-electron chi connectivity index (χ4n) is 1.65. The molecule has 0 saturated carbocycles. The summed E-state index contributed by atoms with van der Waals surface area (Å²) < 4.78 is 41.8. The van der Waals surface area contributed by atoms with E-state index < -0.39 is 18.7 Å². The van der Waals surface area contributed by atoms with E-state index in [9.17, 15) is 13.2 Å². The molecule has 3 radical (unpaired) electrons. The van der Waals surface area contributed by atoms with E-state index in [0.29, 0.717) is 29.5 Å². The first-order valence-corrected chi connectivity index (χ1v) is 6.48. The Morgan fingerprint density at radius 3 is 1.81 bits per heavy atom. The van der Waals surface area contributed by atoms with Crippen LogP contribution in [0, 0.1) is 0 Å². The van der Waals surface area contributed by atoms with Crippen molar-refractivity contribution >= 4 is 22.9 Å². The van der Waals surface area contributed by atoms with Gasteiger partial charge in [0.15, 0.2) is 0 Å². The van der Waals surface area contributed by atoms with Crippen LogP contribution in [0.2, 0.25) is 0 Å². The van der Waals surface area contributed by atoms with E-state index in [1.165, 1.54) is 0 Å². The van der Waals surface area contributed by atoms with E-state index in [2.05, 4.69) is 0 Å². The van der Waals surface area contributed by atoms with Crippen molar-refractivity contribution in [2.24, 2.45) is 0 Å². The number of hydrogen-bond donors (Lipinski definition) is 0.